The Morgan fingerprint density at radius 2 is 1.90 bits per heavy atom. The molecule has 1 aliphatic rings. The summed E-state index contributed by atoms with van der Waals surface area (Å²) in [6, 6.07) is 0. The molecule has 2 rings (SSSR count). The number of ether oxygens (including phenoxy) is 4. The molecule has 0 spiro atoms. The number of hydrogen-bond donors (Lipinski definition) is 2. The number of anilines is 2. The second kappa shape index (κ2) is 6.07. The first-order valence-electron chi connectivity index (χ1n) is 6.55. The fourth-order valence-corrected chi connectivity index (χ4v) is 2.48. The molecule has 1 unspecified atom stereocenters. The Bertz CT molecular complexity index is 456. The zero-order valence-corrected chi connectivity index (χ0v) is 12.9. The average Bonchev–Trinajstić information content (AvgIpc) is 2.63. The van der Waals surface area contributed by atoms with Crippen molar-refractivity contribution < 1.29 is 18.9 Å². The summed E-state index contributed by atoms with van der Waals surface area (Å²) in [7, 11) is 0. The van der Waals surface area contributed by atoms with Crippen molar-refractivity contribution in [1.29, 1.82) is 0 Å². The van der Waals surface area contributed by atoms with Crippen molar-refractivity contribution in [1.82, 2.24) is 0 Å². The van der Waals surface area contributed by atoms with Crippen LogP contribution in [0.3, 0.4) is 0 Å². The number of thiophene rings is 1. The van der Waals surface area contributed by atoms with Crippen molar-refractivity contribution in [3.05, 3.63) is 0 Å². The van der Waals surface area contributed by atoms with Gasteiger partial charge >= 0.3 is 0 Å². The van der Waals surface area contributed by atoms with Crippen LogP contribution < -0.4 is 20.9 Å². The van der Waals surface area contributed by atoms with E-state index in [-0.39, 0.29) is 11.7 Å². The Hall–Kier alpha value is -1.18. The summed E-state index contributed by atoms with van der Waals surface area (Å²) in [4.78, 5) is 0. The maximum atomic E-state index is 5.82. The molecule has 20 heavy (non-hydrogen) atoms. The Labute approximate surface area is 122 Å². The van der Waals surface area contributed by atoms with E-state index < -0.39 is 0 Å². The Balaban J connectivity index is 1.73. The molecule has 7 heteroatoms. The molecule has 114 valence electrons. The quantitative estimate of drug-likeness (QED) is 0.807. The van der Waals surface area contributed by atoms with Gasteiger partial charge in [0.2, 0.25) is 0 Å². The average molecular weight is 302 g/mol. The van der Waals surface area contributed by atoms with Gasteiger partial charge in [-0.05, 0) is 20.8 Å². The molecule has 0 saturated carbocycles. The summed E-state index contributed by atoms with van der Waals surface area (Å²) in [6.45, 7) is 7.94. The summed E-state index contributed by atoms with van der Waals surface area (Å²) < 4.78 is 22.4. The van der Waals surface area contributed by atoms with E-state index in [9.17, 15) is 0 Å². The van der Waals surface area contributed by atoms with Gasteiger partial charge in [0.1, 0.15) is 16.6 Å². The smallest absolute Gasteiger partial charge is 0.198 e. The van der Waals surface area contributed by atoms with Crippen molar-refractivity contribution in [3.8, 4) is 11.5 Å². The first kappa shape index (κ1) is 15.2. The second-order valence-corrected chi connectivity index (χ2v) is 6.66. The number of hydrogen-bond acceptors (Lipinski definition) is 7. The van der Waals surface area contributed by atoms with Gasteiger partial charge < -0.3 is 30.4 Å². The predicted octanol–water partition coefficient (Wildman–Crippen LogP) is 1.88. The van der Waals surface area contributed by atoms with Crippen LogP contribution in [0.1, 0.15) is 20.8 Å². The monoisotopic (exact) mass is 302 g/mol. The highest BCUT2D eigenvalue weighted by molar-refractivity contribution is 7.20. The lowest BCUT2D eigenvalue weighted by Gasteiger charge is -2.25. The van der Waals surface area contributed by atoms with Crippen LogP contribution in [0, 0.1) is 0 Å². The van der Waals surface area contributed by atoms with E-state index in [1.54, 1.807) is 0 Å². The molecule has 2 heterocycles. The number of fused-ring (bicyclic) bond motifs is 1. The summed E-state index contributed by atoms with van der Waals surface area (Å²) in [6.07, 6.45) is -0.173. The van der Waals surface area contributed by atoms with E-state index in [0.717, 1.165) is 0 Å². The van der Waals surface area contributed by atoms with Crippen molar-refractivity contribution in [2.45, 2.75) is 32.5 Å². The summed E-state index contributed by atoms with van der Waals surface area (Å²) >= 11 is 1.27. The minimum absolute atomic E-state index is 0.147. The lowest BCUT2D eigenvalue weighted by atomic mass is 10.2. The highest BCUT2D eigenvalue weighted by atomic mass is 32.1. The molecule has 1 aliphatic heterocycles. The molecule has 0 saturated heterocycles. The van der Waals surface area contributed by atoms with Crippen LogP contribution in [0.5, 0.6) is 11.5 Å². The van der Waals surface area contributed by atoms with Crippen LogP contribution in [0.15, 0.2) is 0 Å². The molecule has 0 fully saturated rings. The van der Waals surface area contributed by atoms with Gasteiger partial charge in [0, 0.05) is 0 Å². The molecule has 1 aromatic heterocycles. The van der Waals surface area contributed by atoms with Crippen molar-refractivity contribution >= 4 is 21.3 Å². The highest BCUT2D eigenvalue weighted by Crippen LogP contribution is 2.48. The topological polar surface area (TPSA) is 89.0 Å². The van der Waals surface area contributed by atoms with Crippen molar-refractivity contribution in [3.63, 3.8) is 0 Å². The fourth-order valence-electron chi connectivity index (χ4n) is 1.76. The number of nitrogens with two attached hydrogens (primary N) is 2. The minimum atomic E-state index is -0.173. The van der Waals surface area contributed by atoms with E-state index in [4.69, 9.17) is 30.4 Å². The normalized spacial score (nSPS) is 18.2. The SMILES string of the molecule is CC(C)(C)OCCOCC1COc2c(N)sc(N)c2O1. The van der Waals surface area contributed by atoms with Gasteiger partial charge in [-0.25, -0.2) is 0 Å². The predicted molar refractivity (Wildman–Crippen MR) is 79.6 cm³/mol. The largest absolute Gasteiger partial charge is 0.483 e. The lowest BCUT2D eigenvalue weighted by Crippen LogP contribution is -2.34. The first-order valence-corrected chi connectivity index (χ1v) is 7.37. The van der Waals surface area contributed by atoms with Gasteiger partial charge in [-0.3, -0.25) is 0 Å². The molecular formula is C13H22N2O4S. The van der Waals surface area contributed by atoms with Crippen molar-refractivity contribution in [2.75, 3.05) is 37.9 Å². The fraction of sp³-hybridized carbons (Fsp3) is 0.692. The van der Waals surface area contributed by atoms with E-state index in [0.29, 0.717) is 47.9 Å². The molecule has 6 nitrogen and oxygen atoms in total. The Kier molecular flexibility index (Phi) is 4.62. The van der Waals surface area contributed by atoms with Crippen LogP contribution in [0.25, 0.3) is 0 Å². The molecule has 1 aromatic rings. The van der Waals surface area contributed by atoms with E-state index in [2.05, 4.69) is 0 Å². The van der Waals surface area contributed by atoms with E-state index in [1.807, 2.05) is 20.8 Å². The Morgan fingerprint density at radius 3 is 2.60 bits per heavy atom. The van der Waals surface area contributed by atoms with Gasteiger partial charge in [-0.2, -0.15) is 0 Å². The molecule has 1 atom stereocenters. The van der Waals surface area contributed by atoms with Gasteiger partial charge in [0.25, 0.3) is 0 Å². The number of rotatable bonds is 5. The van der Waals surface area contributed by atoms with E-state index >= 15 is 0 Å². The van der Waals surface area contributed by atoms with Gasteiger partial charge in [0.05, 0.1) is 25.4 Å². The van der Waals surface area contributed by atoms with Crippen LogP contribution in [0.2, 0.25) is 0 Å². The first-order chi connectivity index (χ1) is 9.37. The molecule has 0 aromatic carbocycles. The molecule has 0 amide bonds. The van der Waals surface area contributed by atoms with Crippen LogP contribution in [0.4, 0.5) is 10.0 Å². The summed E-state index contributed by atoms with van der Waals surface area (Å²) in [5.41, 5.74) is 11.4. The molecule has 0 radical (unpaired) electrons. The van der Waals surface area contributed by atoms with Gasteiger partial charge in [-0.15, -0.1) is 0 Å². The molecule has 0 bridgehead atoms. The standard InChI is InChI=1S/C13H22N2O4S/c1-13(2,3)18-5-4-16-6-8-7-17-9-10(19-8)12(15)20-11(9)14/h8H,4-7,14-15H2,1-3H3. The van der Waals surface area contributed by atoms with Crippen LogP contribution in [-0.2, 0) is 9.47 Å². The third-order valence-corrected chi connectivity index (χ3v) is 3.45. The molecule has 0 aliphatic carbocycles. The van der Waals surface area contributed by atoms with Crippen LogP contribution >= 0.6 is 11.3 Å². The zero-order chi connectivity index (χ0) is 14.8. The molecular weight excluding hydrogens is 280 g/mol. The van der Waals surface area contributed by atoms with Crippen molar-refractivity contribution in [2.24, 2.45) is 0 Å². The van der Waals surface area contributed by atoms with Crippen LogP contribution in [-0.4, -0.2) is 38.1 Å². The third kappa shape index (κ3) is 3.91. The molecule has 4 N–H and O–H groups in total. The van der Waals surface area contributed by atoms with E-state index in [1.165, 1.54) is 11.3 Å². The van der Waals surface area contributed by atoms with Gasteiger partial charge in [0.15, 0.2) is 17.6 Å². The Morgan fingerprint density at radius 1 is 1.20 bits per heavy atom. The maximum Gasteiger partial charge on any atom is 0.198 e. The minimum Gasteiger partial charge on any atom is -0.483 e. The second-order valence-electron chi connectivity index (χ2n) is 5.58. The number of nitrogen functional groups attached to an aromatic ring is 2. The third-order valence-electron chi connectivity index (χ3n) is 2.64. The zero-order valence-electron chi connectivity index (χ0n) is 12.1. The van der Waals surface area contributed by atoms with Gasteiger partial charge in [-0.1, -0.05) is 11.3 Å². The summed E-state index contributed by atoms with van der Waals surface area (Å²) in [5, 5.41) is 1.09. The lowest BCUT2D eigenvalue weighted by molar-refractivity contribution is -0.0514. The highest BCUT2D eigenvalue weighted by Gasteiger charge is 2.27. The summed E-state index contributed by atoms with van der Waals surface area (Å²) in [5.74, 6) is 1.10. The maximum absolute atomic E-state index is 5.82.